The van der Waals surface area contributed by atoms with Crippen molar-refractivity contribution in [2.45, 2.75) is 25.6 Å². The Balaban J connectivity index is 0.00000324. The summed E-state index contributed by atoms with van der Waals surface area (Å²) in [6, 6.07) is 4.51. The molecule has 190 valence electrons. The first-order valence-corrected chi connectivity index (χ1v) is 10.6. The molecule has 0 saturated heterocycles. The monoisotopic (exact) mass is 537 g/mol. The average Bonchev–Trinajstić information content (AvgIpc) is 2.77. The molecule has 2 heterocycles. The highest BCUT2D eigenvalue weighted by Crippen LogP contribution is 2.40. The summed E-state index contributed by atoms with van der Waals surface area (Å²) in [7, 11) is 1.75. The fourth-order valence-electron chi connectivity index (χ4n) is 2.97. The number of benzene rings is 1. The number of hydrogen-bond acceptors (Lipinski definition) is 6. The fraction of sp³-hybridized carbons (Fsp3) is 0.318. The molecular weight excluding hydrogens is 516 g/mol. The van der Waals surface area contributed by atoms with E-state index < -0.39 is 46.0 Å². The first-order valence-electron chi connectivity index (χ1n) is 10.2. The Bertz CT molecular complexity index is 1120. The van der Waals surface area contributed by atoms with E-state index in [1.807, 2.05) is 0 Å². The highest BCUT2D eigenvalue weighted by Gasteiger charge is 2.37. The van der Waals surface area contributed by atoms with Gasteiger partial charge in [-0.2, -0.15) is 13.2 Å². The molecule has 3 aromatic rings. The number of ether oxygens (including phenoxy) is 1. The Hall–Kier alpha value is -2.76. The summed E-state index contributed by atoms with van der Waals surface area (Å²) in [5.41, 5.74) is -0.920. The second-order valence-electron chi connectivity index (χ2n) is 7.25. The highest BCUT2D eigenvalue weighted by molar-refractivity contribution is 6.32. The molecule has 0 saturated carbocycles. The van der Waals surface area contributed by atoms with Crippen molar-refractivity contribution >= 4 is 17.4 Å². The van der Waals surface area contributed by atoms with E-state index in [1.165, 1.54) is 12.3 Å². The van der Waals surface area contributed by atoms with Gasteiger partial charge in [-0.3, -0.25) is 4.98 Å². The van der Waals surface area contributed by atoms with Crippen molar-refractivity contribution in [3.05, 3.63) is 53.3 Å². The van der Waals surface area contributed by atoms with Crippen molar-refractivity contribution in [3.8, 4) is 28.4 Å². The SMILES string of the molecule is CNCCCOc1cc(F)c(-c2c(Cl)nc(-c3ccccn3)nc2N[C@@H](C)C(F)(F)F)c(F)c1.[Cl-].[H+]. The quantitative estimate of drug-likeness (QED) is 0.248. The van der Waals surface area contributed by atoms with Gasteiger partial charge in [0.1, 0.15) is 40.1 Å². The van der Waals surface area contributed by atoms with Crippen LogP contribution in [0.4, 0.5) is 27.8 Å². The van der Waals surface area contributed by atoms with Crippen molar-refractivity contribution in [2.24, 2.45) is 0 Å². The standard InChI is InChI=1S/C22H21ClF5N5O.ClH/c1-12(22(26,27)28)31-21-18(19(23)32-20(33-21)16-6-3-4-8-30-16)17-14(24)10-13(11-15(17)25)34-9-5-7-29-2;/h3-4,6,8,10-12,29H,5,7,9H2,1-2H3,(H,31,32,33);1H/t12-;/m0./s1. The Morgan fingerprint density at radius 2 is 1.80 bits per heavy atom. The van der Waals surface area contributed by atoms with Crippen LogP contribution in [-0.4, -0.2) is 47.4 Å². The molecule has 2 aromatic heterocycles. The highest BCUT2D eigenvalue weighted by atomic mass is 35.5. The molecule has 2 N–H and O–H groups in total. The van der Waals surface area contributed by atoms with Crippen LogP contribution in [-0.2, 0) is 0 Å². The molecule has 3 rings (SSSR count). The molecule has 0 aliphatic rings. The predicted octanol–water partition coefficient (Wildman–Crippen LogP) is 2.60. The van der Waals surface area contributed by atoms with Gasteiger partial charge < -0.3 is 27.8 Å². The average molecular weight is 538 g/mol. The van der Waals surface area contributed by atoms with E-state index >= 15 is 8.78 Å². The second kappa shape index (κ2) is 12.3. The molecule has 13 heteroatoms. The topological polar surface area (TPSA) is 72.0 Å². The Labute approximate surface area is 211 Å². The molecule has 1 atom stereocenters. The number of alkyl halides is 3. The molecule has 0 spiro atoms. The van der Waals surface area contributed by atoms with Crippen LogP contribution in [0.5, 0.6) is 5.75 Å². The van der Waals surface area contributed by atoms with Gasteiger partial charge in [0.05, 0.1) is 17.7 Å². The molecule has 35 heavy (non-hydrogen) atoms. The van der Waals surface area contributed by atoms with Crippen molar-refractivity contribution in [3.63, 3.8) is 0 Å². The molecule has 1 aromatic carbocycles. The molecule has 0 radical (unpaired) electrons. The molecule has 0 aliphatic carbocycles. The van der Waals surface area contributed by atoms with E-state index in [2.05, 4.69) is 25.6 Å². The van der Waals surface area contributed by atoms with Crippen LogP contribution in [0.25, 0.3) is 22.6 Å². The molecular formula is C22H22Cl2F5N5O. The summed E-state index contributed by atoms with van der Waals surface area (Å²) in [5.74, 6) is -2.87. The second-order valence-corrected chi connectivity index (χ2v) is 7.61. The third kappa shape index (κ3) is 7.12. The minimum Gasteiger partial charge on any atom is -1.00 e. The third-order valence-corrected chi connectivity index (χ3v) is 4.98. The lowest BCUT2D eigenvalue weighted by atomic mass is 10.1. The Morgan fingerprint density at radius 3 is 2.37 bits per heavy atom. The maximum atomic E-state index is 15.0. The normalized spacial score (nSPS) is 12.1. The van der Waals surface area contributed by atoms with Gasteiger partial charge in [0.2, 0.25) is 0 Å². The zero-order valence-corrected chi connectivity index (χ0v) is 20.1. The van der Waals surface area contributed by atoms with Crippen LogP contribution in [0, 0.1) is 11.6 Å². The minimum absolute atomic E-state index is 0. The van der Waals surface area contributed by atoms with Crippen LogP contribution in [0.3, 0.4) is 0 Å². The van der Waals surface area contributed by atoms with Crippen LogP contribution >= 0.6 is 11.6 Å². The lowest BCUT2D eigenvalue weighted by molar-refractivity contribution is -0.138. The van der Waals surface area contributed by atoms with Crippen molar-refractivity contribution in [1.82, 2.24) is 20.3 Å². The van der Waals surface area contributed by atoms with Gasteiger partial charge in [-0.15, -0.1) is 0 Å². The number of halogens is 7. The number of nitrogens with one attached hydrogen (secondary N) is 2. The Kier molecular flexibility index (Phi) is 9.99. The van der Waals surface area contributed by atoms with Gasteiger partial charge in [-0.05, 0) is 39.1 Å². The van der Waals surface area contributed by atoms with E-state index in [-0.39, 0.29) is 37.7 Å². The van der Waals surface area contributed by atoms with Gasteiger partial charge >= 0.3 is 7.60 Å². The first kappa shape index (κ1) is 28.5. The first-order chi connectivity index (χ1) is 16.1. The van der Waals surface area contributed by atoms with E-state index in [0.717, 1.165) is 19.1 Å². The number of aromatic nitrogens is 3. The summed E-state index contributed by atoms with van der Waals surface area (Å²) in [5, 5.41) is 4.62. The number of rotatable bonds is 9. The summed E-state index contributed by atoms with van der Waals surface area (Å²) >= 11 is 6.25. The molecule has 0 amide bonds. The van der Waals surface area contributed by atoms with Crippen LogP contribution in [0.2, 0.25) is 5.15 Å². The van der Waals surface area contributed by atoms with Crippen LogP contribution < -0.4 is 27.8 Å². The van der Waals surface area contributed by atoms with E-state index in [0.29, 0.717) is 13.0 Å². The zero-order chi connectivity index (χ0) is 24.9. The van der Waals surface area contributed by atoms with Crippen molar-refractivity contribution < 1.29 is 40.5 Å². The third-order valence-electron chi connectivity index (χ3n) is 4.71. The van der Waals surface area contributed by atoms with Gasteiger partial charge in [-0.1, -0.05) is 17.7 Å². The van der Waals surface area contributed by atoms with Crippen LogP contribution in [0.15, 0.2) is 36.5 Å². The van der Waals surface area contributed by atoms with E-state index in [9.17, 15) is 13.2 Å². The molecule has 6 nitrogen and oxygen atoms in total. The van der Waals surface area contributed by atoms with Gasteiger partial charge in [0.25, 0.3) is 0 Å². The number of pyridine rings is 1. The van der Waals surface area contributed by atoms with Crippen LogP contribution in [0.1, 0.15) is 14.8 Å². The van der Waals surface area contributed by atoms with Crippen molar-refractivity contribution in [1.29, 1.82) is 0 Å². The molecule has 0 unspecified atom stereocenters. The summed E-state index contributed by atoms with van der Waals surface area (Å²) < 4.78 is 75.2. The largest absolute Gasteiger partial charge is 1.00 e. The Morgan fingerprint density at radius 1 is 1.11 bits per heavy atom. The maximum Gasteiger partial charge on any atom is 1.00 e. The minimum atomic E-state index is -4.66. The lowest BCUT2D eigenvalue weighted by Crippen LogP contribution is -3.00. The van der Waals surface area contributed by atoms with Gasteiger partial charge in [-0.25, -0.2) is 18.7 Å². The van der Waals surface area contributed by atoms with Gasteiger partial charge in [0.15, 0.2) is 5.82 Å². The van der Waals surface area contributed by atoms with Gasteiger partial charge in [0, 0.05) is 18.3 Å². The zero-order valence-electron chi connectivity index (χ0n) is 19.6. The fourth-order valence-corrected chi connectivity index (χ4v) is 3.23. The number of anilines is 1. The summed E-state index contributed by atoms with van der Waals surface area (Å²) in [4.78, 5) is 12.1. The maximum absolute atomic E-state index is 15.0. The molecule has 0 bridgehead atoms. The lowest BCUT2D eigenvalue weighted by Gasteiger charge is -2.21. The van der Waals surface area contributed by atoms with Crippen molar-refractivity contribution in [2.75, 3.05) is 25.5 Å². The summed E-state index contributed by atoms with van der Waals surface area (Å²) in [6.45, 7) is 1.69. The summed E-state index contributed by atoms with van der Waals surface area (Å²) in [6.07, 6.45) is -2.64. The number of hydrogen-bond donors (Lipinski definition) is 2. The van der Waals surface area contributed by atoms with E-state index in [4.69, 9.17) is 16.3 Å². The molecule has 0 fully saturated rings. The predicted molar refractivity (Wildman–Crippen MR) is 120 cm³/mol. The smallest absolute Gasteiger partial charge is 1.00 e. The number of nitrogens with zero attached hydrogens (tertiary/aromatic N) is 3. The molecule has 0 aliphatic heterocycles. The van der Waals surface area contributed by atoms with E-state index in [1.54, 1.807) is 19.2 Å².